The van der Waals surface area contributed by atoms with Gasteiger partial charge in [0.05, 0.1) is 0 Å². The Kier molecular flexibility index (Phi) is 3.54. The van der Waals surface area contributed by atoms with Gasteiger partial charge < -0.3 is 4.98 Å². The van der Waals surface area contributed by atoms with E-state index in [-0.39, 0.29) is 11.2 Å². The largest absolute Gasteiger partial charge is 0.343 e. The van der Waals surface area contributed by atoms with E-state index in [1.54, 1.807) is 19.1 Å². The van der Waals surface area contributed by atoms with E-state index in [9.17, 15) is 4.39 Å². The van der Waals surface area contributed by atoms with E-state index >= 15 is 0 Å². The molecule has 1 N–H and O–H groups in total. The van der Waals surface area contributed by atoms with Crippen molar-refractivity contribution in [3.05, 3.63) is 46.1 Å². The molecule has 0 radical (unpaired) electrons. The number of aromatic nitrogens is 2. The van der Waals surface area contributed by atoms with E-state index in [0.29, 0.717) is 10.2 Å². The topological polar surface area (TPSA) is 28.7 Å². The molecule has 0 fully saturated rings. The van der Waals surface area contributed by atoms with Crippen molar-refractivity contribution in [2.45, 2.75) is 33.1 Å². The van der Waals surface area contributed by atoms with Gasteiger partial charge in [0.25, 0.3) is 0 Å². The molecule has 0 unspecified atom stereocenters. The lowest BCUT2D eigenvalue weighted by Gasteiger charge is -2.18. The summed E-state index contributed by atoms with van der Waals surface area (Å²) in [6.45, 7) is 7.96. The first kappa shape index (κ1) is 13.9. The normalized spacial score (nSPS) is 11.6. The van der Waals surface area contributed by atoms with Crippen LogP contribution in [0.4, 0.5) is 4.39 Å². The number of aryl methyl sites for hydroxylation is 1. The van der Waals surface area contributed by atoms with Gasteiger partial charge in [-0.25, -0.2) is 9.37 Å². The van der Waals surface area contributed by atoms with Gasteiger partial charge in [-0.15, -0.1) is 0 Å². The van der Waals surface area contributed by atoms with Gasteiger partial charge in [-0.05, 0) is 42.3 Å². The molecule has 0 amide bonds. The summed E-state index contributed by atoms with van der Waals surface area (Å²) in [5.74, 6) is 0.629. The summed E-state index contributed by atoms with van der Waals surface area (Å²) in [5, 5.41) is 0. The highest BCUT2D eigenvalue weighted by atomic mass is 32.1. The molecule has 0 spiro atoms. The van der Waals surface area contributed by atoms with E-state index in [2.05, 4.69) is 30.7 Å². The van der Waals surface area contributed by atoms with Gasteiger partial charge in [-0.1, -0.05) is 33.0 Å². The lowest BCUT2D eigenvalue weighted by atomic mass is 9.95. The van der Waals surface area contributed by atoms with Crippen LogP contribution in [0.25, 0.3) is 11.3 Å². The number of nitrogens with one attached hydrogen (secondary N) is 1. The first-order chi connectivity index (χ1) is 8.77. The summed E-state index contributed by atoms with van der Waals surface area (Å²) in [4.78, 5) is 7.64. The molecule has 0 saturated heterocycles. The molecule has 1 heterocycles. The van der Waals surface area contributed by atoms with Crippen molar-refractivity contribution in [1.29, 1.82) is 0 Å². The zero-order valence-corrected chi connectivity index (χ0v) is 12.4. The Morgan fingerprint density at radius 1 is 1.21 bits per heavy atom. The average Bonchev–Trinajstić information content (AvgIpc) is 2.31. The lowest BCUT2D eigenvalue weighted by molar-refractivity contribution is 0.545. The molecule has 19 heavy (non-hydrogen) atoms. The summed E-state index contributed by atoms with van der Waals surface area (Å²) in [5.41, 5.74) is 2.29. The summed E-state index contributed by atoms with van der Waals surface area (Å²) >= 11 is 5.21. The van der Waals surface area contributed by atoms with Crippen LogP contribution in [0.2, 0.25) is 0 Å². The van der Waals surface area contributed by atoms with Crippen LogP contribution in [0.1, 0.15) is 32.2 Å². The number of halogens is 1. The minimum absolute atomic E-state index is 0.112. The molecule has 4 heteroatoms. The van der Waals surface area contributed by atoms with Gasteiger partial charge in [0.2, 0.25) is 0 Å². The maximum atomic E-state index is 13.3. The third kappa shape index (κ3) is 3.07. The van der Waals surface area contributed by atoms with Crippen LogP contribution in [-0.4, -0.2) is 9.97 Å². The van der Waals surface area contributed by atoms with Crippen molar-refractivity contribution >= 4 is 12.2 Å². The monoisotopic (exact) mass is 276 g/mol. The lowest BCUT2D eigenvalue weighted by Crippen LogP contribution is -2.16. The van der Waals surface area contributed by atoms with Crippen LogP contribution in [0.5, 0.6) is 0 Å². The van der Waals surface area contributed by atoms with Crippen molar-refractivity contribution in [1.82, 2.24) is 9.97 Å². The summed E-state index contributed by atoms with van der Waals surface area (Å²) in [6.07, 6.45) is 0. The first-order valence-electron chi connectivity index (χ1n) is 6.16. The quantitative estimate of drug-likeness (QED) is 0.774. The highest BCUT2D eigenvalue weighted by molar-refractivity contribution is 7.71. The maximum absolute atomic E-state index is 13.3. The number of benzene rings is 1. The summed E-state index contributed by atoms with van der Waals surface area (Å²) < 4.78 is 13.9. The standard InChI is InChI=1S/C15H17FN2S/c1-9-7-10(5-6-11(9)16)12-8-13(19)18-14(17-12)15(2,3)4/h5-8H,1-4H3,(H,17,18,19). The van der Waals surface area contributed by atoms with Gasteiger partial charge in [-0.3, -0.25) is 0 Å². The number of rotatable bonds is 1. The van der Waals surface area contributed by atoms with E-state index in [4.69, 9.17) is 12.2 Å². The second-order valence-electron chi connectivity index (χ2n) is 5.70. The Morgan fingerprint density at radius 2 is 1.89 bits per heavy atom. The second kappa shape index (κ2) is 4.85. The predicted octanol–water partition coefficient (Wildman–Crippen LogP) is 4.55. The Labute approximate surface area is 117 Å². The molecular weight excluding hydrogens is 259 g/mol. The Bertz CT molecular complexity index is 669. The van der Waals surface area contributed by atoms with Crippen LogP contribution >= 0.6 is 12.2 Å². The number of nitrogens with zero attached hydrogens (tertiary/aromatic N) is 1. The average molecular weight is 276 g/mol. The van der Waals surface area contributed by atoms with Crippen molar-refractivity contribution in [2.24, 2.45) is 0 Å². The van der Waals surface area contributed by atoms with Gasteiger partial charge in [0.15, 0.2) is 0 Å². The minimum Gasteiger partial charge on any atom is -0.343 e. The SMILES string of the molecule is Cc1cc(-c2cc(=S)nc(C(C)(C)C)[nH]2)ccc1F. The molecule has 1 aromatic heterocycles. The van der Waals surface area contributed by atoms with E-state index in [1.807, 2.05) is 6.07 Å². The fraction of sp³-hybridized carbons (Fsp3) is 0.333. The molecule has 0 saturated carbocycles. The predicted molar refractivity (Wildman–Crippen MR) is 78.3 cm³/mol. The van der Waals surface area contributed by atoms with Crippen molar-refractivity contribution in [3.8, 4) is 11.3 Å². The van der Waals surface area contributed by atoms with E-state index in [1.165, 1.54) is 6.07 Å². The Morgan fingerprint density at radius 3 is 2.47 bits per heavy atom. The van der Waals surface area contributed by atoms with Crippen molar-refractivity contribution < 1.29 is 4.39 Å². The molecule has 2 nitrogen and oxygen atoms in total. The van der Waals surface area contributed by atoms with E-state index in [0.717, 1.165) is 17.1 Å². The van der Waals surface area contributed by atoms with E-state index < -0.39 is 0 Å². The maximum Gasteiger partial charge on any atom is 0.130 e. The van der Waals surface area contributed by atoms with Gasteiger partial charge in [0, 0.05) is 11.1 Å². The molecule has 2 rings (SSSR count). The number of aromatic amines is 1. The van der Waals surface area contributed by atoms with Crippen LogP contribution in [0, 0.1) is 17.4 Å². The Hall–Kier alpha value is -1.55. The fourth-order valence-corrected chi connectivity index (χ4v) is 1.99. The molecule has 0 aliphatic rings. The molecule has 0 aliphatic carbocycles. The number of hydrogen-bond acceptors (Lipinski definition) is 2. The van der Waals surface area contributed by atoms with Crippen LogP contribution in [-0.2, 0) is 5.41 Å². The molecule has 0 aliphatic heterocycles. The number of H-pyrrole nitrogens is 1. The highest BCUT2D eigenvalue weighted by Crippen LogP contribution is 2.24. The van der Waals surface area contributed by atoms with Gasteiger partial charge >= 0.3 is 0 Å². The fourth-order valence-electron chi connectivity index (χ4n) is 1.78. The van der Waals surface area contributed by atoms with Crippen molar-refractivity contribution in [3.63, 3.8) is 0 Å². The zero-order chi connectivity index (χ0) is 14.2. The third-order valence-corrected chi connectivity index (χ3v) is 3.13. The molecule has 0 atom stereocenters. The smallest absolute Gasteiger partial charge is 0.130 e. The van der Waals surface area contributed by atoms with Gasteiger partial charge in [-0.2, -0.15) is 0 Å². The summed E-state index contributed by atoms with van der Waals surface area (Å²) in [6, 6.07) is 6.83. The zero-order valence-electron chi connectivity index (χ0n) is 11.5. The molecular formula is C15H17FN2S. The number of hydrogen-bond donors (Lipinski definition) is 1. The van der Waals surface area contributed by atoms with Crippen LogP contribution in [0.3, 0.4) is 0 Å². The first-order valence-corrected chi connectivity index (χ1v) is 6.56. The van der Waals surface area contributed by atoms with Crippen LogP contribution in [0.15, 0.2) is 24.3 Å². The second-order valence-corrected chi connectivity index (χ2v) is 6.11. The van der Waals surface area contributed by atoms with Crippen LogP contribution < -0.4 is 0 Å². The highest BCUT2D eigenvalue weighted by Gasteiger charge is 2.17. The molecule has 2 aromatic rings. The van der Waals surface area contributed by atoms with Gasteiger partial charge in [0.1, 0.15) is 16.3 Å². The Balaban J connectivity index is 2.59. The molecule has 100 valence electrons. The third-order valence-electron chi connectivity index (χ3n) is 2.92. The molecule has 1 aromatic carbocycles. The minimum atomic E-state index is -0.201. The summed E-state index contributed by atoms with van der Waals surface area (Å²) in [7, 11) is 0. The molecule has 0 bridgehead atoms. The van der Waals surface area contributed by atoms with Crippen molar-refractivity contribution in [2.75, 3.05) is 0 Å².